The molecule has 0 saturated carbocycles. The van der Waals surface area contributed by atoms with Crippen molar-refractivity contribution in [3.05, 3.63) is 86.5 Å². The molecule has 0 saturated heterocycles. The predicted molar refractivity (Wildman–Crippen MR) is 116 cm³/mol. The van der Waals surface area contributed by atoms with Crippen LogP contribution < -0.4 is 11.3 Å². The van der Waals surface area contributed by atoms with E-state index in [-0.39, 0.29) is 12.2 Å². The quantitative estimate of drug-likeness (QED) is 0.435. The van der Waals surface area contributed by atoms with Gasteiger partial charge in [-0.3, -0.25) is 4.79 Å². The highest BCUT2D eigenvalue weighted by Gasteiger charge is 2.36. The summed E-state index contributed by atoms with van der Waals surface area (Å²) in [7, 11) is 0. The molecule has 2 aromatic heterocycles. The summed E-state index contributed by atoms with van der Waals surface area (Å²) >= 11 is 1.42. The third-order valence-corrected chi connectivity index (χ3v) is 6.19. The molecule has 0 aliphatic rings. The van der Waals surface area contributed by atoms with Crippen LogP contribution in [-0.4, -0.2) is 4.57 Å². The fourth-order valence-corrected chi connectivity index (χ4v) is 4.60. The number of alkyl halides is 3. The van der Waals surface area contributed by atoms with Gasteiger partial charge in [-0.15, -0.1) is 11.3 Å². The Morgan fingerprint density at radius 2 is 1.80 bits per heavy atom. The van der Waals surface area contributed by atoms with E-state index in [9.17, 15) is 18.0 Å². The number of nitrogens with zero attached hydrogens (tertiary/aromatic N) is 1. The molecule has 0 bridgehead atoms. The second kappa shape index (κ2) is 7.32. The van der Waals surface area contributed by atoms with Gasteiger partial charge in [0.25, 0.3) is 5.56 Å². The number of aryl methyl sites for hydroxylation is 2. The minimum atomic E-state index is -4.72. The molecule has 0 fully saturated rings. The van der Waals surface area contributed by atoms with E-state index in [1.165, 1.54) is 15.9 Å². The van der Waals surface area contributed by atoms with Gasteiger partial charge in [-0.25, -0.2) is 0 Å². The Morgan fingerprint density at radius 1 is 1.07 bits per heavy atom. The number of rotatable bonds is 3. The molecule has 154 valence electrons. The minimum Gasteiger partial charge on any atom is -0.394 e. The average Bonchev–Trinajstić information content (AvgIpc) is 3.10. The smallest absolute Gasteiger partial charge is 0.394 e. The second-order valence-electron chi connectivity index (χ2n) is 7.32. The summed E-state index contributed by atoms with van der Waals surface area (Å²) in [5.74, 6) is 0. The number of pyridine rings is 1. The van der Waals surface area contributed by atoms with E-state index in [0.717, 1.165) is 32.8 Å². The number of thiophene rings is 1. The molecule has 2 heterocycles. The Labute approximate surface area is 175 Å². The van der Waals surface area contributed by atoms with Crippen molar-refractivity contribution in [2.75, 3.05) is 5.73 Å². The van der Waals surface area contributed by atoms with Crippen molar-refractivity contribution < 1.29 is 13.2 Å². The average molecular weight is 428 g/mol. The lowest BCUT2D eigenvalue weighted by Gasteiger charge is -2.19. The molecule has 4 aromatic rings. The second-order valence-corrected chi connectivity index (χ2v) is 8.23. The highest BCUT2D eigenvalue weighted by molar-refractivity contribution is 7.17. The number of aromatic nitrogens is 1. The summed E-state index contributed by atoms with van der Waals surface area (Å²) < 4.78 is 43.1. The van der Waals surface area contributed by atoms with Gasteiger partial charge in [0, 0.05) is 21.0 Å². The molecule has 4 rings (SSSR count). The number of anilines is 1. The molecule has 0 radical (unpaired) electrons. The third-order valence-electron chi connectivity index (χ3n) is 5.23. The summed E-state index contributed by atoms with van der Waals surface area (Å²) in [5, 5.41) is 2.59. The Hall–Kier alpha value is -3.06. The van der Waals surface area contributed by atoms with E-state index in [0.29, 0.717) is 5.56 Å². The number of halogens is 3. The molecule has 0 aliphatic heterocycles. The van der Waals surface area contributed by atoms with Gasteiger partial charge in [0.1, 0.15) is 5.69 Å². The van der Waals surface area contributed by atoms with Crippen molar-refractivity contribution in [2.45, 2.75) is 26.6 Å². The molecule has 0 atom stereocenters. The Bertz CT molecular complexity index is 1320. The minimum absolute atomic E-state index is 0.132. The summed E-state index contributed by atoms with van der Waals surface area (Å²) in [4.78, 5) is 13.0. The zero-order valence-corrected chi connectivity index (χ0v) is 17.2. The number of fused-ring (bicyclic) bond motifs is 1. The molecule has 2 aromatic carbocycles. The van der Waals surface area contributed by atoms with Crippen molar-refractivity contribution in [3.8, 4) is 11.3 Å². The third kappa shape index (κ3) is 3.50. The van der Waals surface area contributed by atoms with Crippen LogP contribution in [0.2, 0.25) is 0 Å². The van der Waals surface area contributed by atoms with Crippen molar-refractivity contribution in [1.29, 1.82) is 0 Å². The van der Waals surface area contributed by atoms with Gasteiger partial charge in [0.15, 0.2) is 0 Å². The highest BCUT2D eigenvalue weighted by atomic mass is 32.1. The van der Waals surface area contributed by atoms with Crippen LogP contribution >= 0.6 is 11.3 Å². The number of benzene rings is 2. The van der Waals surface area contributed by atoms with Gasteiger partial charge in [0.05, 0.1) is 17.8 Å². The van der Waals surface area contributed by atoms with Gasteiger partial charge in [0.2, 0.25) is 0 Å². The zero-order chi connectivity index (χ0) is 21.6. The maximum Gasteiger partial charge on any atom is 0.418 e. The number of hydrogen-bond acceptors (Lipinski definition) is 3. The van der Waals surface area contributed by atoms with E-state index in [1.54, 1.807) is 5.38 Å². The number of nitrogens with two attached hydrogens (primary N) is 1. The molecule has 0 aliphatic carbocycles. The first-order valence-electron chi connectivity index (χ1n) is 9.30. The van der Waals surface area contributed by atoms with Gasteiger partial charge in [-0.1, -0.05) is 42.0 Å². The molecule has 0 amide bonds. The van der Waals surface area contributed by atoms with Crippen LogP contribution in [0.5, 0.6) is 0 Å². The summed E-state index contributed by atoms with van der Waals surface area (Å²) in [5.41, 5.74) is 6.62. The Morgan fingerprint density at radius 3 is 2.50 bits per heavy atom. The number of nitrogen functional groups attached to an aromatic ring is 1. The molecule has 0 unspecified atom stereocenters. The lowest BCUT2D eigenvalue weighted by Crippen LogP contribution is -2.28. The maximum atomic E-state index is 13.6. The normalized spacial score (nSPS) is 11.9. The Balaban J connectivity index is 2.01. The fraction of sp³-hybridized carbons (Fsp3) is 0.174. The number of hydrogen-bond donors (Lipinski definition) is 1. The molecule has 0 spiro atoms. The molecule has 30 heavy (non-hydrogen) atoms. The van der Waals surface area contributed by atoms with Crippen molar-refractivity contribution in [2.24, 2.45) is 0 Å². The fourth-order valence-electron chi connectivity index (χ4n) is 3.65. The van der Waals surface area contributed by atoms with Crippen LogP contribution in [0, 0.1) is 13.8 Å². The highest BCUT2D eigenvalue weighted by Crippen LogP contribution is 2.38. The monoisotopic (exact) mass is 428 g/mol. The zero-order valence-electron chi connectivity index (χ0n) is 16.4. The van der Waals surface area contributed by atoms with Gasteiger partial charge in [-0.2, -0.15) is 13.2 Å². The van der Waals surface area contributed by atoms with Gasteiger partial charge < -0.3 is 10.3 Å². The van der Waals surface area contributed by atoms with E-state index in [4.69, 9.17) is 5.73 Å². The standard InChI is InChI=1S/C23H19F3N2OS/c1-13-7-8-15(14(2)9-13)11-28-19(10-18(23(24,25)26)21(27)22(28)29)17-12-30-20-6-4-3-5-16(17)20/h3-10,12H,11,27H2,1-2H3. The van der Waals surface area contributed by atoms with Crippen LogP contribution in [-0.2, 0) is 12.7 Å². The first-order valence-corrected chi connectivity index (χ1v) is 10.2. The van der Waals surface area contributed by atoms with Crippen LogP contribution in [0.15, 0.2) is 58.7 Å². The Kier molecular flexibility index (Phi) is 4.94. The van der Waals surface area contributed by atoms with E-state index < -0.39 is 23.0 Å². The molecular formula is C23H19F3N2OS. The van der Waals surface area contributed by atoms with Crippen molar-refractivity contribution in [3.63, 3.8) is 0 Å². The first-order chi connectivity index (χ1) is 14.2. The first kappa shape index (κ1) is 20.2. The van der Waals surface area contributed by atoms with Gasteiger partial charge in [-0.05, 0) is 37.1 Å². The molecular weight excluding hydrogens is 409 g/mol. The van der Waals surface area contributed by atoms with Gasteiger partial charge >= 0.3 is 6.18 Å². The summed E-state index contributed by atoms with van der Waals surface area (Å²) in [6.07, 6.45) is -4.72. The summed E-state index contributed by atoms with van der Waals surface area (Å²) in [6, 6.07) is 14.2. The largest absolute Gasteiger partial charge is 0.418 e. The maximum absolute atomic E-state index is 13.6. The van der Waals surface area contributed by atoms with E-state index >= 15 is 0 Å². The molecule has 2 N–H and O–H groups in total. The lowest BCUT2D eigenvalue weighted by atomic mass is 10.0. The molecule has 7 heteroatoms. The SMILES string of the molecule is Cc1ccc(Cn2c(-c3csc4ccccc34)cc(C(F)(F)F)c(N)c2=O)c(C)c1. The van der Waals surface area contributed by atoms with Crippen LogP contribution in [0.4, 0.5) is 18.9 Å². The van der Waals surface area contributed by atoms with Crippen LogP contribution in [0.25, 0.3) is 21.3 Å². The topological polar surface area (TPSA) is 48.0 Å². The van der Waals surface area contributed by atoms with Crippen molar-refractivity contribution >= 4 is 27.1 Å². The van der Waals surface area contributed by atoms with E-state index in [2.05, 4.69) is 0 Å². The van der Waals surface area contributed by atoms with Crippen molar-refractivity contribution in [1.82, 2.24) is 4.57 Å². The van der Waals surface area contributed by atoms with Crippen LogP contribution in [0.1, 0.15) is 22.3 Å². The van der Waals surface area contributed by atoms with E-state index in [1.807, 2.05) is 56.3 Å². The lowest BCUT2D eigenvalue weighted by molar-refractivity contribution is -0.137. The molecule has 3 nitrogen and oxygen atoms in total. The summed E-state index contributed by atoms with van der Waals surface area (Å²) in [6.45, 7) is 4.01. The predicted octanol–water partition coefficient (Wildman–Crippen LogP) is 6.00. The van der Waals surface area contributed by atoms with Crippen LogP contribution in [0.3, 0.4) is 0 Å².